The topological polar surface area (TPSA) is 54.4 Å². The molecule has 2 aromatic carbocycles. The number of nitrogens with zero attached hydrogens (tertiary/aromatic N) is 3. The Kier molecular flexibility index (Phi) is 6.82. The number of hydrazone groups is 1. The Labute approximate surface area is 185 Å². The first-order chi connectivity index (χ1) is 14.6. The van der Waals surface area contributed by atoms with Gasteiger partial charge < -0.3 is 9.47 Å². The highest BCUT2D eigenvalue weighted by atomic mass is 79.9. The van der Waals surface area contributed by atoms with Crippen LogP contribution in [0.4, 0.5) is 0 Å². The van der Waals surface area contributed by atoms with E-state index in [1.807, 2.05) is 48.5 Å². The number of rotatable bonds is 6. The van der Waals surface area contributed by atoms with Gasteiger partial charge in [-0.15, -0.1) is 0 Å². The highest BCUT2D eigenvalue weighted by Gasteiger charge is 2.33. The minimum Gasteiger partial charge on any atom is -0.497 e. The molecule has 2 aliphatic heterocycles. The number of hydrogen-bond acceptors (Lipinski definition) is 5. The molecule has 158 valence electrons. The van der Waals surface area contributed by atoms with Crippen molar-refractivity contribution in [1.29, 1.82) is 0 Å². The second-order valence-corrected chi connectivity index (χ2v) is 8.40. The third-order valence-corrected chi connectivity index (χ3v) is 6.12. The highest BCUT2D eigenvalue weighted by Crippen LogP contribution is 2.34. The summed E-state index contributed by atoms with van der Waals surface area (Å²) in [5.74, 6) is 0.852. The molecule has 2 heterocycles. The van der Waals surface area contributed by atoms with Crippen LogP contribution in [0.5, 0.6) is 5.75 Å². The van der Waals surface area contributed by atoms with Crippen LogP contribution in [-0.2, 0) is 9.53 Å². The molecule has 0 aliphatic carbocycles. The third kappa shape index (κ3) is 4.91. The maximum Gasteiger partial charge on any atom is 0.244 e. The Morgan fingerprint density at radius 2 is 1.83 bits per heavy atom. The largest absolute Gasteiger partial charge is 0.497 e. The molecule has 1 unspecified atom stereocenters. The predicted octanol–water partition coefficient (Wildman–Crippen LogP) is 3.86. The van der Waals surface area contributed by atoms with E-state index in [2.05, 4.69) is 20.8 Å². The molecule has 6 nitrogen and oxygen atoms in total. The first-order valence-corrected chi connectivity index (χ1v) is 11.0. The van der Waals surface area contributed by atoms with Crippen molar-refractivity contribution in [2.45, 2.75) is 18.9 Å². The molecular formula is C23H26BrN3O3. The summed E-state index contributed by atoms with van der Waals surface area (Å²) in [6.07, 6.45) is 1.14. The maximum absolute atomic E-state index is 13.2. The average molecular weight is 472 g/mol. The summed E-state index contributed by atoms with van der Waals surface area (Å²) in [5, 5.41) is 6.44. The molecule has 0 aromatic heterocycles. The van der Waals surface area contributed by atoms with E-state index in [0.717, 1.165) is 59.9 Å². The maximum atomic E-state index is 13.2. The molecule has 0 spiro atoms. The van der Waals surface area contributed by atoms with Gasteiger partial charge in [0, 0.05) is 36.9 Å². The Morgan fingerprint density at radius 1 is 1.13 bits per heavy atom. The van der Waals surface area contributed by atoms with E-state index >= 15 is 0 Å². The number of hydrogen-bond donors (Lipinski definition) is 0. The Morgan fingerprint density at radius 3 is 2.50 bits per heavy atom. The van der Waals surface area contributed by atoms with Gasteiger partial charge in [-0.1, -0.05) is 40.2 Å². The van der Waals surface area contributed by atoms with Gasteiger partial charge >= 0.3 is 0 Å². The van der Waals surface area contributed by atoms with E-state index in [4.69, 9.17) is 14.6 Å². The molecule has 7 heteroatoms. The number of amides is 1. The quantitative estimate of drug-likeness (QED) is 0.641. The number of benzene rings is 2. The minimum atomic E-state index is -0.105. The van der Waals surface area contributed by atoms with E-state index in [1.165, 1.54) is 0 Å². The van der Waals surface area contributed by atoms with Gasteiger partial charge in [0.15, 0.2) is 0 Å². The fraction of sp³-hybridized carbons (Fsp3) is 0.391. The monoisotopic (exact) mass is 471 g/mol. The standard InChI is InChI=1S/C23H26BrN3O3/c1-29-20-8-4-18(5-9-20)22-16-21(17-2-6-19(24)7-3-17)25-27(22)23(28)10-11-26-12-14-30-15-13-26/h2-9,22H,10-16H2,1H3. The molecular weight excluding hydrogens is 446 g/mol. The highest BCUT2D eigenvalue weighted by molar-refractivity contribution is 9.10. The van der Waals surface area contributed by atoms with Gasteiger partial charge in [0.25, 0.3) is 0 Å². The van der Waals surface area contributed by atoms with Crippen molar-refractivity contribution in [1.82, 2.24) is 9.91 Å². The van der Waals surface area contributed by atoms with Crippen LogP contribution >= 0.6 is 15.9 Å². The van der Waals surface area contributed by atoms with Crippen LogP contribution < -0.4 is 4.74 Å². The van der Waals surface area contributed by atoms with Gasteiger partial charge in [-0.2, -0.15) is 5.10 Å². The summed E-state index contributed by atoms with van der Waals surface area (Å²) in [5.41, 5.74) is 3.04. The number of halogens is 1. The summed E-state index contributed by atoms with van der Waals surface area (Å²) in [4.78, 5) is 15.4. The lowest BCUT2D eigenvalue weighted by Gasteiger charge is -2.27. The zero-order valence-electron chi connectivity index (χ0n) is 17.1. The number of carbonyl (C=O) groups excluding carboxylic acids is 1. The van der Waals surface area contributed by atoms with Gasteiger partial charge in [-0.05, 0) is 35.4 Å². The van der Waals surface area contributed by atoms with Crippen molar-refractivity contribution in [2.75, 3.05) is 40.0 Å². The first kappa shape index (κ1) is 21.0. The van der Waals surface area contributed by atoms with Gasteiger partial charge in [-0.3, -0.25) is 9.69 Å². The third-order valence-electron chi connectivity index (χ3n) is 5.59. The van der Waals surface area contributed by atoms with Crippen molar-refractivity contribution in [3.8, 4) is 5.75 Å². The van der Waals surface area contributed by atoms with E-state index in [-0.39, 0.29) is 11.9 Å². The van der Waals surface area contributed by atoms with Crippen LogP contribution in [0.3, 0.4) is 0 Å². The SMILES string of the molecule is COc1ccc(C2CC(c3ccc(Br)cc3)=NN2C(=O)CCN2CCOCC2)cc1. The fourth-order valence-corrected chi connectivity index (χ4v) is 4.10. The average Bonchev–Trinajstić information content (AvgIpc) is 3.24. The molecule has 4 rings (SSSR count). The van der Waals surface area contributed by atoms with Crippen molar-refractivity contribution >= 4 is 27.5 Å². The molecule has 2 aliphatic rings. The number of methoxy groups -OCH3 is 1. The summed E-state index contributed by atoms with van der Waals surface area (Å²) in [6.45, 7) is 3.96. The molecule has 0 bridgehead atoms. The van der Waals surface area contributed by atoms with Crippen LogP contribution in [0.25, 0.3) is 0 Å². The molecule has 1 fully saturated rings. The summed E-state index contributed by atoms with van der Waals surface area (Å²) < 4.78 is 11.7. The van der Waals surface area contributed by atoms with E-state index < -0.39 is 0 Å². The number of carbonyl (C=O) groups is 1. The van der Waals surface area contributed by atoms with Gasteiger partial charge in [0.1, 0.15) is 5.75 Å². The Balaban J connectivity index is 1.53. The minimum absolute atomic E-state index is 0.0504. The van der Waals surface area contributed by atoms with Crippen molar-refractivity contribution in [3.05, 3.63) is 64.1 Å². The predicted molar refractivity (Wildman–Crippen MR) is 120 cm³/mol. The zero-order valence-corrected chi connectivity index (χ0v) is 18.7. The molecule has 30 heavy (non-hydrogen) atoms. The fourth-order valence-electron chi connectivity index (χ4n) is 3.84. The summed E-state index contributed by atoms with van der Waals surface area (Å²) in [6, 6.07) is 15.9. The molecule has 0 saturated carbocycles. The Hall–Kier alpha value is -2.22. The lowest BCUT2D eigenvalue weighted by atomic mass is 9.98. The molecule has 0 radical (unpaired) electrons. The summed E-state index contributed by atoms with van der Waals surface area (Å²) in [7, 11) is 1.65. The van der Waals surface area contributed by atoms with Crippen molar-refractivity contribution in [3.63, 3.8) is 0 Å². The van der Waals surface area contributed by atoms with Crippen molar-refractivity contribution < 1.29 is 14.3 Å². The van der Waals surface area contributed by atoms with Crippen molar-refractivity contribution in [2.24, 2.45) is 5.10 Å². The molecule has 2 aromatic rings. The van der Waals surface area contributed by atoms with Gasteiger partial charge in [0.2, 0.25) is 5.91 Å². The van der Waals surface area contributed by atoms with Gasteiger partial charge in [0.05, 0.1) is 32.1 Å². The second kappa shape index (κ2) is 9.73. The van der Waals surface area contributed by atoms with Gasteiger partial charge in [-0.25, -0.2) is 5.01 Å². The van der Waals surface area contributed by atoms with E-state index in [1.54, 1.807) is 12.1 Å². The van der Waals surface area contributed by atoms with Crippen LogP contribution in [-0.4, -0.2) is 61.5 Å². The molecule has 1 saturated heterocycles. The van der Waals surface area contributed by atoms with Crippen LogP contribution in [0.1, 0.15) is 30.0 Å². The number of ether oxygens (including phenoxy) is 2. The molecule has 0 N–H and O–H groups in total. The smallest absolute Gasteiger partial charge is 0.244 e. The second-order valence-electron chi connectivity index (χ2n) is 7.49. The van der Waals surface area contributed by atoms with Crippen LogP contribution in [0, 0.1) is 0 Å². The Bertz CT molecular complexity index is 893. The summed E-state index contributed by atoms with van der Waals surface area (Å²) >= 11 is 3.48. The lowest BCUT2D eigenvalue weighted by molar-refractivity contribution is -0.133. The molecule has 1 atom stereocenters. The molecule has 1 amide bonds. The van der Waals surface area contributed by atoms with E-state index in [0.29, 0.717) is 12.8 Å². The lowest BCUT2D eigenvalue weighted by Crippen LogP contribution is -2.39. The van der Waals surface area contributed by atoms with Crippen LogP contribution in [0.15, 0.2) is 58.1 Å². The number of morpholine rings is 1. The normalized spacial score (nSPS) is 19.6. The zero-order chi connectivity index (χ0) is 20.9. The first-order valence-electron chi connectivity index (χ1n) is 10.2. The van der Waals surface area contributed by atoms with Crippen LogP contribution in [0.2, 0.25) is 0 Å². The van der Waals surface area contributed by atoms with E-state index in [9.17, 15) is 4.79 Å².